The van der Waals surface area contributed by atoms with Gasteiger partial charge in [-0.25, -0.2) is 0 Å². The van der Waals surface area contributed by atoms with E-state index in [1.165, 1.54) is 58.7 Å². The van der Waals surface area contributed by atoms with Crippen LogP contribution in [0.4, 0.5) is 0 Å². The van der Waals surface area contributed by atoms with Crippen LogP contribution < -0.4 is 10.6 Å². The van der Waals surface area contributed by atoms with Gasteiger partial charge >= 0.3 is 0 Å². The molecule has 2 atom stereocenters. The van der Waals surface area contributed by atoms with Gasteiger partial charge in [0.25, 0.3) is 0 Å². The summed E-state index contributed by atoms with van der Waals surface area (Å²) < 4.78 is 0. The molecule has 2 N–H and O–H groups in total. The van der Waals surface area contributed by atoms with Crippen molar-refractivity contribution < 1.29 is 0 Å². The van der Waals surface area contributed by atoms with Gasteiger partial charge in [-0.1, -0.05) is 20.8 Å². The Morgan fingerprint density at radius 1 is 1.04 bits per heavy atom. The average molecular weight is 480 g/mol. The van der Waals surface area contributed by atoms with Gasteiger partial charge in [0.05, 0.1) is 0 Å². The molecule has 0 aromatic carbocycles. The van der Waals surface area contributed by atoms with Crippen molar-refractivity contribution in [2.75, 3.05) is 72.5 Å². The second kappa shape index (κ2) is 13.1. The fourth-order valence-electron chi connectivity index (χ4n) is 4.04. The molecule has 2 aliphatic heterocycles. The number of piperazine rings is 1. The van der Waals surface area contributed by atoms with Crippen LogP contribution >= 0.6 is 24.0 Å². The highest BCUT2D eigenvalue weighted by Gasteiger charge is 2.23. The first-order chi connectivity index (χ1) is 12.2. The lowest BCUT2D eigenvalue weighted by atomic mass is 10.1. The highest BCUT2D eigenvalue weighted by atomic mass is 127. The third kappa shape index (κ3) is 7.86. The maximum atomic E-state index is 4.40. The molecule has 0 radical (unpaired) electrons. The molecule has 2 unspecified atom stereocenters. The van der Waals surface area contributed by atoms with Crippen LogP contribution in [0, 0.1) is 5.92 Å². The molecular formula is C19H41IN6. The Bertz CT molecular complexity index is 397. The Morgan fingerprint density at radius 2 is 1.73 bits per heavy atom. The zero-order chi connectivity index (χ0) is 18.1. The van der Waals surface area contributed by atoms with Gasteiger partial charge < -0.3 is 20.4 Å². The number of hydrogen-bond acceptors (Lipinski definition) is 4. The summed E-state index contributed by atoms with van der Waals surface area (Å²) in [7, 11) is 1.87. The van der Waals surface area contributed by atoms with Crippen molar-refractivity contribution >= 4 is 29.9 Å². The molecule has 26 heavy (non-hydrogen) atoms. The van der Waals surface area contributed by atoms with Crippen LogP contribution in [0.25, 0.3) is 0 Å². The van der Waals surface area contributed by atoms with Crippen LogP contribution in [-0.4, -0.2) is 99.2 Å². The summed E-state index contributed by atoms with van der Waals surface area (Å²) in [5.74, 6) is 1.58. The van der Waals surface area contributed by atoms with E-state index in [2.05, 4.69) is 51.1 Å². The lowest BCUT2D eigenvalue weighted by molar-refractivity contribution is 0.124. The van der Waals surface area contributed by atoms with Crippen molar-refractivity contribution in [2.24, 2.45) is 10.9 Å². The number of aliphatic imine (C=N–C) groups is 1. The average Bonchev–Trinajstić information content (AvgIpc) is 3.10. The first-order valence-electron chi connectivity index (χ1n) is 10.3. The van der Waals surface area contributed by atoms with E-state index in [4.69, 9.17) is 0 Å². The molecule has 0 amide bonds. The normalized spacial score (nSPS) is 24.3. The largest absolute Gasteiger partial charge is 0.356 e. The summed E-state index contributed by atoms with van der Waals surface area (Å²) >= 11 is 0. The van der Waals surface area contributed by atoms with E-state index < -0.39 is 0 Å². The maximum absolute atomic E-state index is 4.40. The molecule has 0 bridgehead atoms. The summed E-state index contributed by atoms with van der Waals surface area (Å²) in [5.41, 5.74) is 0. The van der Waals surface area contributed by atoms with E-state index >= 15 is 0 Å². The van der Waals surface area contributed by atoms with Gasteiger partial charge in [-0.05, 0) is 38.4 Å². The molecule has 7 heteroatoms. The molecule has 2 rings (SSSR count). The number of likely N-dealkylation sites (tertiary alicyclic amines) is 1. The lowest BCUT2D eigenvalue weighted by Crippen LogP contribution is -2.49. The molecule has 0 aliphatic carbocycles. The Kier molecular flexibility index (Phi) is 12.1. The highest BCUT2D eigenvalue weighted by Crippen LogP contribution is 2.15. The fourth-order valence-corrected chi connectivity index (χ4v) is 4.04. The lowest BCUT2D eigenvalue weighted by Gasteiger charge is -2.35. The Morgan fingerprint density at radius 3 is 2.35 bits per heavy atom. The van der Waals surface area contributed by atoms with Gasteiger partial charge in [-0.3, -0.25) is 9.89 Å². The highest BCUT2D eigenvalue weighted by molar-refractivity contribution is 14.0. The van der Waals surface area contributed by atoms with E-state index in [0.717, 1.165) is 25.6 Å². The smallest absolute Gasteiger partial charge is 0.191 e. The molecule has 0 aromatic rings. The molecule has 154 valence electrons. The first-order valence-corrected chi connectivity index (χ1v) is 10.3. The molecule has 6 nitrogen and oxygen atoms in total. The quantitative estimate of drug-likeness (QED) is 0.314. The van der Waals surface area contributed by atoms with Crippen LogP contribution in [0.2, 0.25) is 0 Å². The molecule has 0 aromatic heterocycles. The van der Waals surface area contributed by atoms with Crippen LogP contribution in [0.5, 0.6) is 0 Å². The van der Waals surface area contributed by atoms with Crippen LogP contribution in [0.15, 0.2) is 4.99 Å². The third-order valence-corrected chi connectivity index (χ3v) is 5.73. The van der Waals surface area contributed by atoms with E-state index in [1.807, 2.05) is 7.05 Å². The first kappa shape index (κ1) is 23.9. The predicted octanol–water partition coefficient (Wildman–Crippen LogP) is 1.53. The van der Waals surface area contributed by atoms with Gasteiger partial charge in [0.15, 0.2) is 5.96 Å². The van der Waals surface area contributed by atoms with E-state index in [1.54, 1.807) is 0 Å². The molecule has 2 saturated heterocycles. The van der Waals surface area contributed by atoms with Gasteiger partial charge in [0.1, 0.15) is 0 Å². The second-order valence-electron chi connectivity index (χ2n) is 7.60. The minimum Gasteiger partial charge on any atom is -0.356 e. The Hall–Kier alpha value is -0.120. The Labute approximate surface area is 178 Å². The topological polar surface area (TPSA) is 46.1 Å². The zero-order valence-corrected chi connectivity index (χ0v) is 19.7. The minimum atomic E-state index is 0. The summed E-state index contributed by atoms with van der Waals surface area (Å²) in [4.78, 5) is 12.1. The molecule has 0 saturated carbocycles. The van der Waals surface area contributed by atoms with Gasteiger partial charge in [-0.2, -0.15) is 0 Å². The number of hydrogen-bond donors (Lipinski definition) is 2. The molecular weight excluding hydrogens is 439 g/mol. The standard InChI is InChI=1S/C19H40N6.HI/c1-5-23-10-12-24(13-11-23)16-17(3)14-21-19(20-4)22-15-18-8-7-9-25(18)6-2;/h17-18H,5-16H2,1-4H3,(H2,20,21,22);1H. The minimum absolute atomic E-state index is 0. The number of rotatable bonds is 8. The molecule has 2 aliphatic rings. The number of nitrogens with one attached hydrogen (secondary N) is 2. The zero-order valence-electron chi connectivity index (χ0n) is 17.3. The van der Waals surface area contributed by atoms with Crippen molar-refractivity contribution in [1.82, 2.24) is 25.3 Å². The number of likely N-dealkylation sites (N-methyl/N-ethyl adjacent to an activating group) is 2. The van der Waals surface area contributed by atoms with E-state index in [-0.39, 0.29) is 24.0 Å². The predicted molar refractivity (Wildman–Crippen MR) is 123 cm³/mol. The van der Waals surface area contributed by atoms with Crippen molar-refractivity contribution in [3.8, 4) is 0 Å². The number of nitrogens with zero attached hydrogens (tertiary/aromatic N) is 4. The Balaban J connectivity index is 0.00000338. The van der Waals surface area contributed by atoms with E-state index in [9.17, 15) is 0 Å². The van der Waals surface area contributed by atoms with Crippen LogP contribution in [0.3, 0.4) is 0 Å². The van der Waals surface area contributed by atoms with Crippen molar-refractivity contribution in [3.05, 3.63) is 0 Å². The monoisotopic (exact) mass is 480 g/mol. The number of guanidine groups is 1. The molecule has 2 heterocycles. The summed E-state index contributed by atoms with van der Waals surface area (Å²) in [6, 6.07) is 0.663. The van der Waals surface area contributed by atoms with Crippen molar-refractivity contribution in [3.63, 3.8) is 0 Å². The van der Waals surface area contributed by atoms with Gasteiger partial charge in [0.2, 0.25) is 0 Å². The summed E-state index contributed by atoms with van der Waals surface area (Å²) in [6.45, 7) is 18.4. The van der Waals surface area contributed by atoms with Gasteiger partial charge in [0, 0.05) is 58.9 Å². The van der Waals surface area contributed by atoms with Crippen molar-refractivity contribution in [2.45, 2.75) is 39.7 Å². The maximum Gasteiger partial charge on any atom is 0.191 e. The third-order valence-electron chi connectivity index (χ3n) is 5.73. The van der Waals surface area contributed by atoms with Crippen LogP contribution in [-0.2, 0) is 0 Å². The second-order valence-corrected chi connectivity index (χ2v) is 7.60. The van der Waals surface area contributed by atoms with Gasteiger partial charge in [-0.15, -0.1) is 24.0 Å². The molecule has 2 fully saturated rings. The van der Waals surface area contributed by atoms with E-state index in [0.29, 0.717) is 12.0 Å². The van der Waals surface area contributed by atoms with Crippen molar-refractivity contribution in [1.29, 1.82) is 0 Å². The van der Waals surface area contributed by atoms with Crippen LogP contribution in [0.1, 0.15) is 33.6 Å². The molecule has 0 spiro atoms. The summed E-state index contributed by atoms with van der Waals surface area (Å²) in [6.07, 6.45) is 2.63. The fraction of sp³-hybridized carbons (Fsp3) is 0.947. The summed E-state index contributed by atoms with van der Waals surface area (Å²) in [5, 5.41) is 7.04. The SMILES string of the molecule is CCN1CCN(CC(C)CNC(=NC)NCC2CCCN2CC)CC1.I. The number of halogens is 1.